The molecule has 1 aromatic heterocycles. The van der Waals surface area contributed by atoms with E-state index in [2.05, 4.69) is 11.8 Å². The number of carbonyl (C=O) groups is 1. The van der Waals surface area contributed by atoms with Gasteiger partial charge in [0.1, 0.15) is 0 Å². The summed E-state index contributed by atoms with van der Waals surface area (Å²) < 4.78 is 0. The second kappa shape index (κ2) is 7.84. The van der Waals surface area contributed by atoms with Crippen molar-refractivity contribution in [2.24, 2.45) is 5.73 Å². The summed E-state index contributed by atoms with van der Waals surface area (Å²) in [4.78, 5) is 14.2. The largest absolute Gasteiger partial charge is 0.395 e. The monoisotopic (exact) mass is 268 g/mol. The van der Waals surface area contributed by atoms with E-state index in [-0.39, 0.29) is 38.8 Å². The van der Waals surface area contributed by atoms with Gasteiger partial charge in [0.15, 0.2) is 0 Å². The van der Waals surface area contributed by atoms with Gasteiger partial charge in [0.05, 0.1) is 30.2 Å². The van der Waals surface area contributed by atoms with E-state index in [1.807, 2.05) is 0 Å². The Morgan fingerprint density at radius 2 is 2.06 bits per heavy atom. The zero-order valence-electron chi connectivity index (χ0n) is 9.93. The molecule has 1 heterocycles. The Morgan fingerprint density at radius 1 is 1.39 bits per heavy atom. The first-order valence-corrected chi connectivity index (χ1v) is 6.39. The number of thiophene rings is 1. The molecule has 5 nitrogen and oxygen atoms in total. The average Bonchev–Trinajstić information content (AvgIpc) is 2.84. The molecule has 0 fully saturated rings. The second-order valence-corrected chi connectivity index (χ2v) is 4.36. The summed E-state index contributed by atoms with van der Waals surface area (Å²) >= 11 is 1.37. The molecule has 6 heteroatoms. The van der Waals surface area contributed by atoms with Crippen molar-refractivity contribution in [3.63, 3.8) is 0 Å². The van der Waals surface area contributed by atoms with Crippen molar-refractivity contribution in [2.75, 3.05) is 32.8 Å². The van der Waals surface area contributed by atoms with Gasteiger partial charge in [-0.1, -0.05) is 11.8 Å². The first-order valence-electron chi connectivity index (χ1n) is 5.51. The Morgan fingerprint density at radius 3 is 2.61 bits per heavy atom. The van der Waals surface area contributed by atoms with Gasteiger partial charge in [-0.3, -0.25) is 4.79 Å². The maximum Gasteiger partial charge on any atom is 0.254 e. The third-order valence-corrected chi connectivity index (χ3v) is 3.03. The molecule has 1 aromatic rings. The Labute approximate surface area is 110 Å². The minimum absolute atomic E-state index is 0.129. The Bertz CT molecular complexity index is 442. The lowest BCUT2D eigenvalue weighted by atomic mass is 10.2. The molecule has 1 rings (SSSR count). The number of amides is 1. The van der Waals surface area contributed by atoms with Crippen molar-refractivity contribution in [1.29, 1.82) is 0 Å². The van der Waals surface area contributed by atoms with Crippen molar-refractivity contribution in [3.05, 3.63) is 21.9 Å². The van der Waals surface area contributed by atoms with Gasteiger partial charge >= 0.3 is 0 Å². The van der Waals surface area contributed by atoms with Crippen molar-refractivity contribution >= 4 is 17.2 Å². The molecule has 0 radical (unpaired) electrons. The van der Waals surface area contributed by atoms with Gasteiger partial charge in [-0.05, 0) is 6.07 Å². The van der Waals surface area contributed by atoms with Crippen LogP contribution in [0.4, 0.5) is 0 Å². The molecular formula is C12H16N2O3S. The molecule has 0 saturated heterocycles. The van der Waals surface area contributed by atoms with Gasteiger partial charge in [-0.2, -0.15) is 0 Å². The molecule has 0 aromatic carbocycles. The summed E-state index contributed by atoms with van der Waals surface area (Å²) in [6.45, 7) is 0.436. The van der Waals surface area contributed by atoms with Crippen molar-refractivity contribution in [2.45, 2.75) is 0 Å². The zero-order chi connectivity index (χ0) is 13.4. The van der Waals surface area contributed by atoms with E-state index < -0.39 is 0 Å². The molecule has 0 aliphatic carbocycles. The third-order valence-electron chi connectivity index (χ3n) is 2.19. The highest BCUT2D eigenvalue weighted by Gasteiger charge is 2.15. The summed E-state index contributed by atoms with van der Waals surface area (Å²) in [6, 6.07) is 1.69. The van der Waals surface area contributed by atoms with Gasteiger partial charge in [-0.25, -0.2) is 0 Å². The lowest BCUT2D eigenvalue weighted by molar-refractivity contribution is 0.0685. The van der Waals surface area contributed by atoms with Crippen molar-refractivity contribution in [3.8, 4) is 11.8 Å². The SMILES string of the molecule is NCC#Cc1cc(C(=O)N(CCO)CCO)cs1. The van der Waals surface area contributed by atoms with E-state index in [0.29, 0.717) is 5.56 Å². The van der Waals surface area contributed by atoms with Crippen LogP contribution in [0.1, 0.15) is 15.2 Å². The summed E-state index contributed by atoms with van der Waals surface area (Å²) in [6.07, 6.45) is 0. The first-order chi connectivity index (χ1) is 8.72. The summed E-state index contributed by atoms with van der Waals surface area (Å²) in [7, 11) is 0. The van der Waals surface area contributed by atoms with Gasteiger partial charge in [-0.15, -0.1) is 11.3 Å². The van der Waals surface area contributed by atoms with Crippen LogP contribution in [0.15, 0.2) is 11.4 Å². The Hall–Kier alpha value is -1.39. The van der Waals surface area contributed by atoms with E-state index in [1.165, 1.54) is 16.2 Å². The highest BCUT2D eigenvalue weighted by molar-refractivity contribution is 7.10. The molecule has 0 spiro atoms. The normalized spacial score (nSPS) is 9.72. The molecule has 0 bridgehead atoms. The molecule has 1 amide bonds. The first kappa shape index (κ1) is 14.7. The summed E-state index contributed by atoms with van der Waals surface area (Å²) in [5, 5.41) is 19.5. The fraction of sp³-hybridized carbons (Fsp3) is 0.417. The number of hydrogen-bond acceptors (Lipinski definition) is 5. The lowest BCUT2D eigenvalue weighted by Gasteiger charge is -2.19. The Balaban J connectivity index is 2.78. The quantitative estimate of drug-likeness (QED) is 0.627. The van der Waals surface area contributed by atoms with E-state index in [9.17, 15) is 4.79 Å². The van der Waals surface area contributed by atoms with Crippen LogP contribution in [0.5, 0.6) is 0 Å². The van der Waals surface area contributed by atoms with E-state index in [0.717, 1.165) is 4.88 Å². The smallest absolute Gasteiger partial charge is 0.254 e. The maximum atomic E-state index is 12.0. The van der Waals surface area contributed by atoms with E-state index >= 15 is 0 Å². The maximum absolute atomic E-state index is 12.0. The minimum Gasteiger partial charge on any atom is -0.395 e. The molecule has 18 heavy (non-hydrogen) atoms. The van der Waals surface area contributed by atoms with Crippen LogP contribution >= 0.6 is 11.3 Å². The molecule has 0 aliphatic heterocycles. The van der Waals surface area contributed by atoms with E-state index in [1.54, 1.807) is 11.4 Å². The van der Waals surface area contributed by atoms with Crippen LogP contribution in [0.3, 0.4) is 0 Å². The minimum atomic E-state index is -0.213. The van der Waals surface area contributed by atoms with Gasteiger partial charge < -0.3 is 20.8 Å². The number of hydrogen-bond donors (Lipinski definition) is 3. The number of aliphatic hydroxyl groups is 2. The number of carbonyl (C=O) groups excluding carboxylic acids is 1. The fourth-order valence-electron chi connectivity index (χ4n) is 1.39. The zero-order valence-corrected chi connectivity index (χ0v) is 10.7. The van der Waals surface area contributed by atoms with Crippen LogP contribution in [0.25, 0.3) is 0 Å². The van der Waals surface area contributed by atoms with E-state index in [4.69, 9.17) is 15.9 Å². The predicted molar refractivity (Wildman–Crippen MR) is 70.3 cm³/mol. The number of rotatable bonds is 5. The predicted octanol–water partition coefficient (Wildman–Crippen LogP) is -0.515. The molecule has 0 unspecified atom stereocenters. The molecule has 98 valence electrons. The molecule has 0 saturated carbocycles. The van der Waals surface area contributed by atoms with Crippen molar-refractivity contribution in [1.82, 2.24) is 4.90 Å². The summed E-state index contributed by atoms with van der Waals surface area (Å²) in [5.74, 6) is 5.36. The Kier molecular flexibility index (Phi) is 6.39. The summed E-state index contributed by atoms with van der Waals surface area (Å²) in [5.41, 5.74) is 5.79. The van der Waals surface area contributed by atoms with Crippen LogP contribution in [0.2, 0.25) is 0 Å². The van der Waals surface area contributed by atoms with Crippen LogP contribution in [0, 0.1) is 11.8 Å². The lowest BCUT2D eigenvalue weighted by Crippen LogP contribution is -2.35. The highest BCUT2D eigenvalue weighted by Crippen LogP contribution is 2.15. The van der Waals surface area contributed by atoms with Gasteiger partial charge in [0, 0.05) is 18.5 Å². The van der Waals surface area contributed by atoms with Crippen molar-refractivity contribution < 1.29 is 15.0 Å². The number of nitrogens with two attached hydrogens (primary N) is 1. The molecular weight excluding hydrogens is 252 g/mol. The third kappa shape index (κ3) is 4.13. The number of nitrogens with zero attached hydrogens (tertiary/aromatic N) is 1. The highest BCUT2D eigenvalue weighted by atomic mass is 32.1. The fourth-order valence-corrected chi connectivity index (χ4v) is 2.14. The van der Waals surface area contributed by atoms with Crippen LogP contribution in [-0.4, -0.2) is 53.9 Å². The van der Waals surface area contributed by atoms with Crippen LogP contribution < -0.4 is 5.73 Å². The van der Waals surface area contributed by atoms with Gasteiger partial charge in [0.2, 0.25) is 0 Å². The molecule has 0 atom stereocenters. The molecule has 0 aliphatic rings. The topological polar surface area (TPSA) is 86.8 Å². The molecule has 4 N–H and O–H groups in total. The standard InChI is InChI=1S/C12H16N2O3S/c13-3-1-2-11-8-10(9-18-11)12(17)14(4-6-15)5-7-16/h8-9,15-16H,3-7,13H2. The van der Waals surface area contributed by atoms with Crippen LogP contribution in [-0.2, 0) is 0 Å². The average molecular weight is 268 g/mol. The second-order valence-electron chi connectivity index (χ2n) is 3.44. The number of aliphatic hydroxyl groups excluding tert-OH is 2. The van der Waals surface area contributed by atoms with Gasteiger partial charge in [0.25, 0.3) is 5.91 Å².